The average Bonchev–Trinajstić information content (AvgIpc) is 4.30. The number of nitrogens with zero attached hydrogens (tertiary/aromatic N) is 3. The lowest BCUT2D eigenvalue weighted by Crippen LogP contribution is -2.69. The maximum absolute atomic E-state index is 14.0. The zero-order valence-corrected chi connectivity index (χ0v) is 45.1. The van der Waals surface area contributed by atoms with Crippen LogP contribution in [0.3, 0.4) is 0 Å². The van der Waals surface area contributed by atoms with Gasteiger partial charge in [-0.1, -0.05) is 6.58 Å². The molecule has 2 saturated carbocycles. The molecule has 2 aliphatic carbocycles. The highest BCUT2D eigenvalue weighted by atomic mass is 16.7. The first-order valence-electron chi connectivity index (χ1n) is 25.8. The van der Waals surface area contributed by atoms with E-state index in [0.29, 0.717) is 29.3 Å². The fourth-order valence-corrected chi connectivity index (χ4v) is 9.14. The molecule has 2 aliphatic heterocycles. The molecule has 5 amide bonds. The molecule has 0 aromatic heterocycles. The number of hydrogen-bond donors (Lipinski definition) is 8. The summed E-state index contributed by atoms with van der Waals surface area (Å²) < 4.78 is 41.1. The summed E-state index contributed by atoms with van der Waals surface area (Å²) in [6.45, 7) is 13.1. The number of non-ortho nitro benzene ring substituents is 2. The monoisotopic (exact) mass is 1110 g/mol. The number of nitro benzene ring substituents is 2. The van der Waals surface area contributed by atoms with E-state index in [1.54, 1.807) is 47.6 Å². The number of nitrogens with one attached hydrogen (secondary N) is 5. The lowest BCUT2D eigenvalue weighted by atomic mass is 9.72. The molecule has 0 radical (unpaired) electrons. The zero-order valence-electron chi connectivity index (χ0n) is 45.1. The molecule has 1 unspecified atom stereocenters. The zero-order chi connectivity index (χ0) is 57.9. The quantitative estimate of drug-likeness (QED) is 0.0405. The fourth-order valence-electron chi connectivity index (χ4n) is 9.14. The van der Waals surface area contributed by atoms with Crippen LogP contribution in [0.5, 0.6) is 0 Å². The Kier molecular flexibility index (Phi) is 20.6. The van der Waals surface area contributed by atoms with Crippen molar-refractivity contribution >= 4 is 41.7 Å². The Balaban J connectivity index is 1.36. The van der Waals surface area contributed by atoms with E-state index in [4.69, 9.17) is 33.2 Å². The molecule has 0 bridgehead atoms. The van der Waals surface area contributed by atoms with Gasteiger partial charge in [0.1, 0.15) is 54.6 Å². The van der Waals surface area contributed by atoms with Gasteiger partial charge in [0, 0.05) is 43.3 Å². The van der Waals surface area contributed by atoms with E-state index >= 15 is 0 Å². The molecule has 2 aromatic rings. The molecule has 79 heavy (non-hydrogen) atoms. The Labute approximate surface area is 455 Å². The normalized spacial score (nSPS) is 25.4. The summed E-state index contributed by atoms with van der Waals surface area (Å²) in [4.78, 5) is 90.1. The fraction of sp³-hybridized carbons (Fsp3) is 0.596. The number of ether oxygens (including phenoxy) is 7. The number of aliphatic hydroxyl groups is 3. The number of benzene rings is 2. The largest absolute Gasteiger partial charge is 0.491 e. The minimum atomic E-state index is -1.93. The molecule has 27 nitrogen and oxygen atoms in total. The predicted octanol–water partition coefficient (Wildman–Crippen LogP) is 3.71. The summed E-state index contributed by atoms with van der Waals surface area (Å²) in [6, 6.07) is 5.66. The van der Waals surface area contributed by atoms with Crippen molar-refractivity contribution in [1.29, 1.82) is 0 Å². The van der Waals surface area contributed by atoms with Crippen molar-refractivity contribution in [2.45, 2.75) is 153 Å². The second-order valence-electron chi connectivity index (χ2n) is 21.8. The molecule has 1 saturated heterocycles. The molecule has 2 heterocycles. The number of rotatable bonds is 20. The Morgan fingerprint density at radius 1 is 0.797 bits per heavy atom. The van der Waals surface area contributed by atoms with Crippen LogP contribution in [-0.2, 0) is 51.2 Å². The van der Waals surface area contributed by atoms with Gasteiger partial charge in [0.15, 0.2) is 6.29 Å². The van der Waals surface area contributed by atoms with E-state index in [-0.39, 0.29) is 56.2 Å². The molecular formula is C52H72N8O19. The highest BCUT2D eigenvalue weighted by Crippen LogP contribution is 2.38. The molecule has 6 rings (SSSR count). The summed E-state index contributed by atoms with van der Waals surface area (Å²) in [5, 5.41) is 72.6. The van der Waals surface area contributed by atoms with E-state index in [0.717, 1.165) is 17.7 Å². The maximum atomic E-state index is 14.0. The topological polar surface area (TPSA) is 360 Å². The van der Waals surface area contributed by atoms with Crippen molar-refractivity contribution in [3.05, 3.63) is 104 Å². The van der Waals surface area contributed by atoms with Crippen LogP contribution in [0, 0.1) is 32.1 Å². The molecule has 4 aliphatic rings. The third-order valence-corrected chi connectivity index (χ3v) is 13.1. The average molecular weight is 1110 g/mol. The summed E-state index contributed by atoms with van der Waals surface area (Å²) in [5.41, 5.74) is -1.17. The van der Waals surface area contributed by atoms with Crippen LogP contribution >= 0.6 is 0 Å². The molecule has 8 N–H and O–H groups in total. The van der Waals surface area contributed by atoms with Gasteiger partial charge in [0.25, 0.3) is 17.3 Å². The summed E-state index contributed by atoms with van der Waals surface area (Å²) >= 11 is 0. The van der Waals surface area contributed by atoms with Gasteiger partial charge in [-0.25, -0.2) is 19.2 Å². The van der Waals surface area contributed by atoms with Gasteiger partial charge in [-0.2, -0.15) is 0 Å². The molecule has 27 heteroatoms. The number of carbonyl (C=O) groups is 5. The highest BCUT2D eigenvalue weighted by molar-refractivity contribution is 5.82. The number of likely N-dealkylation sites (N-methyl/N-ethyl adjacent to an activating group) is 1. The van der Waals surface area contributed by atoms with Crippen LogP contribution in [0.15, 0.2) is 72.5 Å². The Hall–Kier alpha value is -7.17. The summed E-state index contributed by atoms with van der Waals surface area (Å²) in [7, 11) is 1.38. The Bertz CT molecular complexity index is 2530. The van der Waals surface area contributed by atoms with Crippen molar-refractivity contribution < 1.29 is 82.3 Å². The summed E-state index contributed by atoms with van der Waals surface area (Å²) in [6.07, 6.45) is -10.3. The van der Waals surface area contributed by atoms with Crippen molar-refractivity contribution in [3.63, 3.8) is 0 Å². The first-order valence-corrected chi connectivity index (χ1v) is 25.8. The third-order valence-electron chi connectivity index (χ3n) is 13.1. The maximum Gasteiger partial charge on any atom is 0.410 e. The van der Waals surface area contributed by atoms with Crippen molar-refractivity contribution in [2.24, 2.45) is 11.8 Å². The number of amides is 5. The standard InChI is InChI=1S/C52H72N8O19/c1-28-25-73-46(42(63)40(28)58(8)50(68)79-52(5,6)7)77-44-37(55-45(64)38(61)24-54-47(65)78-51(2,3)4)21-36(57-49(67)75-27-31-13-17-33(18-14-31)60(71)72)39(41(44)62)43-35(20-19-34(76-43)23-53-22-29-9-10-29)56-48(66)74-26-30-11-15-32(16-12-30)59(69)70/h11-19,29,35-44,46,53,61-63H,1,9-10,20-27H2,2-8H3,(H,54,65)(H,55,64)(H,56,66)(H,57,67)/t35-,36+,37-,38+,39-,40+,41+,42-,43?,44+,46-/m1/s1. The number of alkyl carbamates (subject to hydrolysis) is 3. The molecular weight excluding hydrogens is 1040 g/mol. The SMILES string of the molecule is C=C1CO[C@H](O[C@@H]2[C@@H](O)[C@H](C3OC(CNCC4CC4)=CC[C@H]3NC(=O)OCc3ccc([N+](=O)[O-])cc3)[C@@H](NC(=O)OCc3ccc([N+](=O)[O-])cc3)C[C@H]2NC(=O)[C@@H](O)CNC(=O)OC(C)(C)C)[C@H](O)[C@H]1N(C)C(=O)OC(C)(C)C. The number of nitro groups is 2. The molecule has 11 atom stereocenters. The predicted molar refractivity (Wildman–Crippen MR) is 277 cm³/mol. The van der Waals surface area contributed by atoms with E-state index in [1.807, 2.05) is 0 Å². The van der Waals surface area contributed by atoms with Crippen LogP contribution in [0.25, 0.3) is 0 Å². The van der Waals surface area contributed by atoms with Gasteiger partial charge in [-0.15, -0.1) is 0 Å². The first kappa shape index (κ1) is 61.0. The van der Waals surface area contributed by atoms with Gasteiger partial charge in [-0.3, -0.25) is 25.0 Å². The highest BCUT2D eigenvalue weighted by Gasteiger charge is 2.55. The van der Waals surface area contributed by atoms with Crippen LogP contribution in [0.4, 0.5) is 30.6 Å². The van der Waals surface area contributed by atoms with Crippen molar-refractivity contribution in [1.82, 2.24) is 31.5 Å². The molecule has 3 fully saturated rings. The summed E-state index contributed by atoms with van der Waals surface area (Å²) in [5.74, 6) is -1.55. The van der Waals surface area contributed by atoms with Gasteiger partial charge in [0.05, 0.1) is 53.8 Å². The second kappa shape index (κ2) is 26.7. The van der Waals surface area contributed by atoms with Gasteiger partial charge in [0.2, 0.25) is 0 Å². The Morgan fingerprint density at radius 3 is 1.89 bits per heavy atom. The molecule has 2 aromatic carbocycles. The van der Waals surface area contributed by atoms with Crippen molar-refractivity contribution in [2.75, 3.05) is 33.3 Å². The Morgan fingerprint density at radius 2 is 1.35 bits per heavy atom. The lowest BCUT2D eigenvalue weighted by molar-refractivity contribution is -0.385. The molecule has 0 spiro atoms. The van der Waals surface area contributed by atoms with Crippen LogP contribution in [0.1, 0.15) is 78.4 Å². The smallest absolute Gasteiger partial charge is 0.410 e. The van der Waals surface area contributed by atoms with Crippen LogP contribution < -0.4 is 26.6 Å². The van der Waals surface area contributed by atoms with E-state index in [9.17, 15) is 59.5 Å². The minimum Gasteiger partial charge on any atom is -0.491 e. The molecule has 434 valence electrons. The van der Waals surface area contributed by atoms with E-state index in [1.165, 1.54) is 55.6 Å². The number of carbonyl (C=O) groups excluding carboxylic acids is 5. The van der Waals surface area contributed by atoms with Crippen LogP contribution in [0.2, 0.25) is 0 Å². The van der Waals surface area contributed by atoms with Crippen molar-refractivity contribution in [3.8, 4) is 0 Å². The van der Waals surface area contributed by atoms with E-state index in [2.05, 4.69) is 33.2 Å². The van der Waals surface area contributed by atoms with Gasteiger partial charge >= 0.3 is 24.4 Å². The van der Waals surface area contributed by atoms with Gasteiger partial charge in [-0.05, 0) is 127 Å². The second-order valence-corrected chi connectivity index (χ2v) is 21.8. The van der Waals surface area contributed by atoms with E-state index < -0.39 is 125 Å². The number of hydrogen-bond acceptors (Lipinski definition) is 20. The number of aliphatic hydroxyl groups excluding tert-OH is 3. The minimum absolute atomic E-state index is 0.0754. The first-order chi connectivity index (χ1) is 37.2. The lowest BCUT2D eigenvalue weighted by Gasteiger charge is -2.51. The third kappa shape index (κ3) is 17.9. The van der Waals surface area contributed by atoms with Gasteiger partial charge < -0.3 is 80.0 Å². The van der Waals surface area contributed by atoms with Crippen LogP contribution in [-0.4, -0.2) is 166 Å².